The summed E-state index contributed by atoms with van der Waals surface area (Å²) in [5.74, 6) is 0.967. The molecule has 1 amide bonds. The number of aryl methyl sites for hydroxylation is 1. The fourth-order valence-corrected chi connectivity index (χ4v) is 4.02. The van der Waals surface area contributed by atoms with Gasteiger partial charge in [0.15, 0.2) is 0 Å². The van der Waals surface area contributed by atoms with E-state index in [4.69, 9.17) is 0 Å². The molecule has 4 heterocycles. The number of piperidine rings is 1. The van der Waals surface area contributed by atoms with Crippen LogP contribution in [0.2, 0.25) is 0 Å². The minimum Gasteiger partial charge on any atom is -0.337 e. The molecular weight excluding hydrogens is 316 g/mol. The first-order chi connectivity index (χ1) is 12.0. The Balaban J connectivity index is 1.84. The smallest absolute Gasteiger partial charge is 0.270 e. The van der Waals surface area contributed by atoms with Crippen molar-refractivity contribution in [2.24, 2.45) is 18.9 Å². The maximum absolute atomic E-state index is 13.1. The van der Waals surface area contributed by atoms with Crippen LogP contribution in [0.5, 0.6) is 0 Å². The van der Waals surface area contributed by atoms with Crippen molar-refractivity contribution in [1.29, 1.82) is 0 Å². The van der Waals surface area contributed by atoms with E-state index in [0.29, 0.717) is 34.2 Å². The quantitative estimate of drug-likeness (QED) is 0.684. The van der Waals surface area contributed by atoms with Crippen LogP contribution in [-0.2, 0) is 7.05 Å². The Labute approximate surface area is 145 Å². The zero-order valence-corrected chi connectivity index (χ0v) is 14.8. The van der Waals surface area contributed by atoms with Crippen molar-refractivity contribution in [3.05, 3.63) is 46.5 Å². The SMILES string of the molecule is C[C@H]1C[C@H](C)CN(C(=O)c2cc3c(=O)n4ccccc4nc3n2C)C1. The van der Waals surface area contributed by atoms with Gasteiger partial charge < -0.3 is 9.47 Å². The van der Waals surface area contributed by atoms with E-state index in [2.05, 4.69) is 18.8 Å². The first kappa shape index (κ1) is 15.9. The number of carbonyl (C=O) groups is 1. The summed E-state index contributed by atoms with van der Waals surface area (Å²) >= 11 is 0. The van der Waals surface area contributed by atoms with E-state index in [1.165, 1.54) is 4.40 Å². The lowest BCUT2D eigenvalue weighted by molar-refractivity contribution is 0.0614. The van der Waals surface area contributed by atoms with Crippen molar-refractivity contribution in [3.63, 3.8) is 0 Å². The van der Waals surface area contributed by atoms with Crippen LogP contribution in [0.25, 0.3) is 16.7 Å². The molecule has 0 unspecified atom stereocenters. The summed E-state index contributed by atoms with van der Waals surface area (Å²) in [7, 11) is 1.80. The minimum absolute atomic E-state index is 0.0210. The van der Waals surface area contributed by atoms with Crippen LogP contribution in [-0.4, -0.2) is 37.8 Å². The van der Waals surface area contributed by atoms with Crippen LogP contribution in [0.3, 0.4) is 0 Å². The summed E-state index contributed by atoms with van der Waals surface area (Å²) in [4.78, 5) is 32.3. The summed E-state index contributed by atoms with van der Waals surface area (Å²) in [6, 6.07) is 7.13. The summed E-state index contributed by atoms with van der Waals surface area (Å²) in [5, 5.41) is 0.479. The van der Waals surface area contributed by atoms with E-state index in [1.807, 2.05) is 11.0 Å². The Bertz CT molecular complexity index is 1020. The molecule has 0 N–H and O–H groups in total. The molecule has 0 aliphatic carbocycles. The van der Waals surface area contributed by atoms with Crippen LogP contribution in [0, 0.1) is 11.8 Å². The lowest BCUT2D eigenvalue weighted by atomic mass is 9.92. The van der Waals surface area contributed by atoms with E-state index in [-0.39, 0.29) is 11.5 Å². The number of rotatable bonds is 1. The van der Waals surface area contributed by atoms with E-state index >= 15 is 0 Å². The van der Waals surface area contributed by atoms with Gasteiger partial charge in [-0.2, -0.15) is 0 Å². The molecule has 4 rings (SSSR count). The second-order valence-corrected chi connectivity index (χ2v) is 7.33. The van der Waals surface area contributed by atoms with Gasteiger partial charge in [0.25, 0.3) is 11.5 Å². The van der Waals surface area contributed by atoms with Crippen molar-refractivity contribution < 1.29 is 4.79 Å². The summed E-state index contributed by atoms with van der Waals surface area (Å²) < 4.78 is 3.26. The molecule has 1 fully saturated rings. The average molecular weight is 338 g/mol. The predicted molar refractivity (Wildman–Crippen MR) is 96.8 cm³/mol. The summed E-state index contributed by atoms with van der Waals surface area (Å²) in [6.07, 6.45) is 2.85. The van der Waals surface area contributed by atoms with Crippen molar-refractivity contribution in [2.75, 3.05) is 13.1 Å². The molecule has 3 aromatic heterocycles. The van der Waals surface area contributed by atoms with E-state index < -0.39 is 0 Å². The molecule has 130 valence electrons. The Hall–Kier alpha value is -2.63. The number of pyridine rings is 1. The highest BCUT2D eigenvalue weighted by atomic mass is 16.2. The first-order valence-electron chi connectivity index (χ1n) is 8.72. The number of aromatic nitrogens is 3. The predicted octanol–water partition coefficient (Wildman–Crippen LogP) is 2.30. The van der Waals surface area contributed by atoms with Crippen LogP contribution < -0.4 is 5.56 Å². The van der Waals surface area contributed by atoms with Gasteiger partial charge in [-0.15, -0.1) is 0 Å². The van der Waals surface area contributed by atoms with Gasteiger partial charge in [-0.3, -0.25) is 14.0 Å². The third-order valence-electron chi connectivity index (χ3n) is 5.08. The molecule has 0 aromatic carbocycles. The molecule has 6 heteroatoms. The maximum Gasteiger partial charge on any atom is 0.270 e. The van der Waals surface area contributed by atoms with Gasteiger partial charge in [-0.25, -0.2) is 4.98 Å². The molecule has 0 saturated carbocycles. The molecule has 0 bridgehead atoms. The molecule has 1 saturated heterocycles. The number of hydrogen-bond donors (Lipinski definition) is 0. The molecule has 3 aromatic rings. The normalized spacial score (nSPS) is 21.2. The zero-order chi connectivity index (χ0) is 17.7. The zero-order valence-electron chi connectivity index (χ0n) is 14.8. The van der Waals surface area contributed by atoms with Gasteiger partial charge in [0.1, 0.15) is 17.0 Å². The number of nitrogens with zero attached hydrogens (tertiary/aromatic N) is 4. The summed E-state index contributed by atoms with van der Waals surface area (Å²) in [6.45, 7) is 5.88. The minimum atomic E-state index is -0.143. The van der Waals surface area contributed by atoms with Crippen LogP contribution in [0.1, 0.15) is 30.8 Å². The second-order valence-electron chi connectivity index (χ2n) is 7.33. The standard InChI is InChI=1S/C19H22N4O2/c1-12-8-13(2)11-22(10-12)19(25)15-9-14-17(21(15)3)20-16-6-4-5-7-23(16)18(14)24/h4-7,9,12-13H,8,10-11H2,1-3H3/t12-,13-/m0/s1. The van der Waals surface area contributed by atoms with Crippen LogP contribution in [0.15, 0.2) is 35.3 Å². The molecule has 6 nitrogen and oxygen atoms in total. The van der Waals surface area contributed by atoms with Crippen molar-refractivity contribution in [2.45, 2.75) is 20.3 Å². The van der Waals surface area contributed by atoms with Gasteiger partial charge in [-0.1, -0.05) is 19.9 Å². The highest BCUT2D eigenvalue weighted by Gasteiger charge is 2.28. The second kappa shape index (κ2) is 5.72. The van der Waals surface area contributed by atoms with Crippen molar-refractivity contribution in [3.8, 4) is 0 Å². The maximum atomic E-state index is 13.1. The van der Waals surface area contributed by atoms with Gasteiger partial charge in [0.2, 0.25) is 0 Å². The molecule has 25 heavy (non-hydrogen) atoms. The lowest BCUT2D eigenvalue weighted by Gasteiger charge is -2.35. The Morgan fingerprint density at radius 2 is 1.92 bits per heavy atom. The third-order valence-corrected chi connectivity index (χ3v) is 5.08. The van der Waals surface area contributed by atoms with Gasteiger partial charge >= 0.3 is 0 Å². The van der Waals surface area contributed by atoms with Crippen molar-refractivity contribution in [1.82, 2.24) is 18.9 Å². The number of carbonyl (C=O) groups excluding carboxylic acids is 1. The van der Waals surface area contributed by atoms with E-state index in [1.54, 1.807) is 36.0 Å². The van der Waals surface area contributed by atoms with E-state index in [9.17, 15) is 9.59 Å². The van der Waals surface area contributed by atoms with Crippen LogP contribution in [0.4, 0.5) is 0 Å². The number of likely N-dealkylation sites (tertiary alicyclic amines) is 1. The van der Waals surface area contributed by atoms with E-state index in [0.717, 1.165) is 19.5 Å². The molecule has 2 atom stereocenters. The topological polar surface area (TPSA) is 59.6 Å². The lowest BCUT2D eigenvalue weighted by Crippen LogP contribution is -2.43. The van der Waals surface area contributed by atoms with Gasteiger partial charge in [0, 0.05) is 26.3 Å². The molecular formula is C19H22N4O2. The Morgan fingerprint density at radius 3 is 2.64 bits per heavy atom. The fourth-order valence-electron chi connectivity index (χ4n) is 4.02. The number of hydrogen-bond acceptors (Lipinski definition) is 3. The molecule has 1 aliphatic rings. The third kappa shape index (κ3) is 2.52. The Morgan fingerprint density at radius 1 is 1.20 bits per heavy atom. The monoisotopic (exact) mass is 338 g/mol. The highest BCUT2D eigenvalue weighted by molar-refractivity contribution is 5.98. The van der Waals surface area contributed by atoms with Crippen molar-refractivity contribution >= 4 is 22.6 Å². The Kier molecular flexibility index (Phi) is 3.63. The van der Waals surface area contributed by atoms with Crippen LogP contribution >= 0.6 is 0 Å². The number of amides is 1. The number of fused-ring (bicyclic) bond motifs is 2. The fraction of sp³-hybridized carbons (Fsp3) is 0.421. The largest absolute Gasteiger partial charge is 0.337 e. The molecule has 0 spiro atoms. The molecule has 1 aliphatic heterocycles. The molecule has 0 radical (unpaired) electrons. The average Bonchev–Trinajstić information content (AvgIpc) is 2.91. The first-order valence-corrected chi connectivity index (χ1v) is 8.72. The van der Waals surface area contributed by atoms with Gasteiger partial charge in [0.05, 0.1) is 5.39 Å². The summed E-state index contributed by atoms with van der Waals surface area (Å²) in [5.41, 5.74) is 1.52. The highest BCUT2D eigenvalue weighted by Crippen LogP contribution is 2.24. The van der Waals surface area contributed by atoms with Gasteiger partial charge in [-0.05, 0) is 36.5 Å².